The van der Waals surface area contributed by atoms with E-state index in [1.165, 1.54) is 0 Å². The van der Waals surface area contributed by atoms with Crippen LogP contribution in [0.5, 0.6) is 5.75 Å². The Morgan fingerprint density at radius 3 is 2.40 bits per heavy atom. The minimum atomic E-state index is -0.785. The average molecular weight is 474 g/mol. The van der Waals surface area contributed by atoms with E-state index in [0.717, 1.165) is 37.2 Å². The number of imidazole rings is 1. The summed E-state index contributed by atoms with van der Waals surface area (Å²) in [5.41, 5.74) is 0.185. The van der Waals surface area contributed by atoms with E-state index in [0.29, 0.717) is 11.5 Å². The Hall–Kier alpha value is -3.98. The first kappa shape index (κ1) is 22.8. The quantitative estimate of drug-likeness (QED) is 0.305. The van der Waals surface area contributed by atoms with Gasteiger partial charge in [-0.25, -0.2) is 9.78 Å². The van der Waals surface area contributed by atoms with Gasteiger partial charge in [0.05, 0.1) is 6.10 Å². The van der Waals surface area contributed by atoms with E-state index in [-0.39, 0.29) is 28.9 Å². The number of H-pyrrole nitrogens is 3. The zero-order valence-corrected chi connectivity index (χ0v) is 19.3. The first-order chi connectivity index (χ1) is 17.0. The molecule has 0 spiro atoms. The fourth-order valence-corrected chi connectivity index (χ4v) is 4.66. The molecule has 0 saturated carbocycles. The zero-order chi connectivity index (χ0) is 24.4. The number of nitrogens with one attached hydrogen (secondary N) is 4. The Kier molecular flexibility index (Phi) is 6.33. The zero-order valence-electron chi connectivity index (χ0n) is 19.3. The van der Waals surface area contributed by atoms with Crippen molar-refractivity contribution in [1.82, 2.24) is 25.3 Å². The predicted molar refractivity (Wildman–Crippen MR) is 132 cm³/mol. The number of benzene rings is 2. The van der Waals surface area contributed by atoms with Gasteiger partial charge in [0, 0.05) is 5.56 Å². The minimum Gasteiger partial charge on any atom is -0.490 e. The molecule has 1 saturated heterocycles. The number of Topliss-reactive ketones (excluding diaryl/α,β-unsaturated/α-hetero) is 1. The van der Waals surface area contributed by atoms with E-state index in [4.69, 9.17) is 4.74 Å². The molecule has 1 aliphatic heterocycles. The number of hydrogen-bond donors (Lipinski definition) is 4. The van der Waals surface area contributed by atoms with Gasteiger partial charge in [0.2, 0.25) is 0 Å². The van der Waals surface area contributed by atoms with Gasteiger partial charge in [-0.1, -0.05) is 30.3 Å². The number of ether oxygens (including phenoxy) is 1. The number of nitrogens with zero attached hydrogens (tertiary/aromatic N) is 1. The monoisotopic (exact) mass is 473 g/mol. The Labute approximate surface area is 201 Å². The number of aromatic amines is 3. The topological polar surface area (TPSA) is 133 Å². The second-order valence-electron chi connectivity index (χ2n) is 8.90. The lowest BCUT2D eigenvalue weighted by atomic mass is 9.90. The van der Waals surface area contributed by atoms with Crippen molar-refractivity contribution in [3.8, 4) is 5.75 Å². The SMILES string of the molecule is CC(Oc1ccc(C(=O)C(c2ccccc2)c2nc3[nH]c(=O)[nH]c(=O)c3[nH]2)cc1)C1CCNCC1. The van der Waals surface area contributed by atoms with E-state index in [1.807, 2.05) is 42.5 Å². The van der Waals surface area contributed by atoms with Crippen molar-refractivity contribution >= 4 is 16.9 Å². The molecule has 180 valence electrons. The summed E-state index contributed by atoms with van der Waals surface area (Å²) in [6.07, 6.45) is 2.26. The molecule has 0 bridgehead atoms. The molecule has 9 nitrogen and oxygen atoms in total. The molecule has 2 unspecified atom stereocenters. The van der Waals surface area contributed by atoms with E-state index in [2.05, 4.69) is 32.2 Å². The lowest BCUT2D eigenvalue weighted by Gasteiger charge is -2.28. The maximum Gasteiger partial charge on any atom is 0.327 e. The summed E-state index contributed by atoms with van der Waals surface area (Å²) < 4.78 is 6.15. The fourth-order valence-electron chi connectivity index (χ4n) is 4.66. The molecule has 0 amide bonds. The van der Waals surface area contributed by atoms with Crippen LogP contribution in [0.1, 0.15) is 47.4 Å². The van der Waals surface area contributed by atoms with Crippen LogP contribution in [0.25, 0.3) is 11.2 Å². The van der Waals surface area contributed by atoms with Gasteiger partial charge >= 0.3 is 5.69 Å². The Morgan fingerprint density at radius 2 is 1.69 bits per heavy atom. The highest BCUT2D eigenvalue weighted by atomic mass is 16.5. The third-order valence-electron chi connectivity index (χ3n) is 6.59. The number of fused-ring (bicyclic) bond motifs is 1. The Morgan fingerprint density at radius 1 is 0.971 bits per heavy atom. The van der Waals surface area contributed by atoms with Gasteiger partial charge in [-0.2, -0.15) is 0 Å². The van der Waals surface area contributed by atoms with Crippen LogP contribution in [0.15, 0.2) is 64.2 Å². The molecule has 2 aromatic heterocycles. The number of aromatic nitrogens is 4. The first-order valence-corrected chi connectivity index (χ1v) is 11.8. The van der Waals surface area contributed by atoms with Crippen molar-refractivity contribution < 1.29 is 9.53 Å². The van der Waals surface area contributed by atoms with E-state index >= 15 is 0 Å². The molecule has 1 aliphatic rings. The van der Waals surface area contributed by atoms with Crippen LogP contribution in [0.2, 0.25) is 0 Å². The lowest BCUT2D eigenvalue weighted by Crippen LogP contribution is -2.35. The van der Waals surface area contributed by atoms with Crippen molar-refractivity contribution in [3.05, 3.63) is 92.4 Å². The predicted octanol–water partition coefficient (Wildman–Crippen LogP) is 2.72. The molecular weight excluding hydrogens is 446 g/mol. The van der Waals surface area contributed by atoms with Crippen molar-refractivity contribution in [2.24, 2.45) is 5.92 Å². The number of rotatable bonds is 7. The standard InChI is InChI=1S/C26H27N5O4/c1-15(16-11-13-27-14-12-16)35-19-9-7-18(8-10-19)22(32)20(17-5-3-2-4-6-17)23-28-21-24(29-23)30-26(34)31-25(21)33/h2-10,15-16,20,27H,11-14H2,1H3,(H3,28,29,30,31,33,34). The maximum atomic E-state index is 13.7. The molecule has 2 aromatic carbocycles. The number of carbonyl (C=O) groups excluding carboxylic acids is 1. The Bertz CT molecular complexity index is 1430. The molecule has 1 fully saturated rings. The first-order valence-electron chi connectivity index (χ1n) is 11.8. The second kappa shape index (κ2) is 9.71. The summed E-state index contributed by atoms with van der Waals surface area (Å²) in [7, 11) is 0. The normalized spacial score (nSPS) is 16.1. The molecular formula is C26H27N5O4. The fraction of sp³-hybridized carbons (Fsp3) is 0.308. The van der Waals surface area contributed by atoms with Crippen molar-refractivity contribution in [2.75, 3.05) is 13.1 Å². The van der Waals surface area contributed by atoms with E-state index in [1.54, 1.807) is 12.1 Å². The molecule has 35 heavy (non-hydrogen) atoms. The molecule has 3 heterocycles. The number of hydrogen-bond acceptors (Lipinski definition) is 6. The van der Waals surface area contributed by atoms with Gasteiger partial charge in [0.25, 0.3) is 5.56 Å². The summed E-state index contributed by atoms with van der Waals surface area (Å²) in [6, 6.07) is 16.3. The number of ketones is 1. The summed E-state index contributed by atoms with van der Waals surface area (Å²) >= 11 is 0. The summed E-state index contributed by atoms with van der Waals surface area (Å²) in [6.45, 7) is 4.11. The molecule has 9 heteroatoms. The van der Waals surface area contributed by atoms with Crippen molar-refractivity contribution in [1.29, 1.82) is 0 Å². The molecule has 0 aliphatic carbocycles. The smallest absolute Gasteiger partial charge is 0.327 e. The lowest BCUT2D eigenvalue weighted by molar-refractivity contribution is 0.0971. The van der Waals surface area contributed by atoms with Crippen LogP contribution in [0.4, 0.5) is 0 Å². The summed E-state index contributed by atoms with van der Waals surface area (Å²) in [4.78, 5) is 49.6. The average Bonchev–Trinajstić information content (AvgIpc) is 3.29. The largest absolute Gasteiger partial charge is 0.490 e. The molecule has 2 atom stereocenters. The van der Waals surface area contributed by atoms with Gasteiger partial charge < -0.3 is 15.0 Å². The van der Waals surface area contributed by atoms with E-state index in [9.17, 15) is 14.4 Å². The van der Waals surface area contributed by atoms with Gasteiger partial charge in [0.15, 0.2) is 11.4 Å². The van der Waals surface area contributed by atoms with Crippen LogP contribution >= 0.6 is 0 Å². The maximum absolute atomic E-state index is 13.7. The summed E-state index contributed by atoms with van der Waals surface area (Å²) in [5.74, 6) is 0.529. The molecule has 4 aromatic rings. The second-order valence-corrected chi connectivity index (χ2v) is 8.90. The minimum absolute atomic E-state index is 0.0894. The van der Waals surface area contributed by atoms with Crippen molar-refractivity contribution in [2.45, 2.75) is 31.8 Å². The third kappa shape index (κ3) is 4.81. The van der Waals surface area contributed by atoms with Crippen LogP contribution in [0.3, 0.4) is 0 Å². The highest BCUT2D eigenvalue weighted by Crippen LogP contribution is 2.29. The van der Waals surface area contributed by atoms with Crippen LogP contribution in [0, 0.1) is 5.92 Å². The molecule has 5 rings (SSSR count). The Balaban J connectivity index is 1.44. The number of piperidine rings is 1. The van der Waals surface area contributed by atoms with Crippen LogP contribution in [-0.4, -0.2) is 44.9 Å². The van der Waals surface area contributed by atoms with Gasteiger partial charge in [-0.3, -0.25) is 19.6 Å². The van der Waals surface area contributed by atoms with Gasteiger partial charge in [0.1, 0.15) is 23.0 Å². The highest BCUT2D eigenvalue weighted by Gasteiger charge is 2.28. The van der Waals surface area contributed by atoms with Gasteiger partial charge in [-0.05, 0) is 68.6 Å². The van der Waals surface area contributed by atoms with Crippen LogP contribution in [-0.2, 0) is 0 Å². The summed E-state index contributed by atoms with van der Waals surface area (Å²) in [5, 5.41) is 3.37. The van der Waals surface area contributed by atoms with Gasteiger partial charge in [-0.15, -0.1) is 0 Å². The molecule has 0 radical (unpaired) electrons. The van der Waals surface area contributed by atoms with E-state index < -0.39 is 17.2 Å². The van der Waals surface area contributed by atoms with Crippen molar-refractivity contribution in [3.63, 3.8) is 0 Å². The highest BCUT2D eigenvalue weighted by molar-refractivity contribution is 6.03. The van der Waals surface area contributed by atoms with Crippen LogP contribution < -0.4 is 21.3 Å². The third-order valence-corrected chi connectivity index (χ3v) is 6.59. The number of carbonyl (C=O) groups is 1. The molecule has 4 N–H and O–H groups in total.